The summed E-state index contributed by atoms with van der Waals surface area (Å²) in [5, 5.41) is 12.2. The molecule has 1 aliphatic rings. The molecule has 5 rings (SSSR count). The lowest BCUT2D eigenvalue weighted by atomic mass is 9.93. The number of benzene rings is 2. The largest absolute Gasteiger partial charge is 0.506 e. The number of methoxy groups -OCH3 is 1. The van der Waals surface area contributed by atoms with E-state index in [0.717, 1.165) is 22.9 Å². The summed E-state index contributed by atoms with van der Waals surface area (Å²) in [6.45, 7) is 6.24. The fourth-order valence-corrected chi connectivity index (χ4v) is 4.82. The van der Waals surface area contributed by atoms with Crippen molar-refractivity contribution in [2.24, 2.45) is 0 Å². The number of rotatable bonds is 3. The maximum absolute atomic E-state index is 13.5. The number of carbonyl (C=O) groups is 2. The maximum Gasteiger partial charge on any atom is 0.340 e. The van der Waals surface area contributed by atoms with E-state index in [1.54, 1.807) is 24.0 Å². The minimum absolute atomic E-state index is 0.00211. The van der Waals surface area contributed by atoms with Crippen LogP contribution < -0.4 is 4.90 Å². The van der Waals surface area contributed by atoms with Gasteiger partial charge in [0.25, 0.3) is 5.91 Å². The van der Waals surface area contributed by atoms with E-state index in [2.05, 4.69) is 4.98 Å². The Bertz CT molecular complexity index is 1410. The molecular formula is C25H24N2O5. The third-order valence-electron chi connectivity index (χ3n) is 6.37. The van der Waals surface area contributed by atoms with Crippen molar-refractivity contribution >= 4 is 39.4 Å². The second-order valence-corrected chi connectivity index (χ2v) is 8.37. The predicted molar refractivity (Wildman–Crippen MR) is 122 cm³/mol. The van der Waals surface area contributed by atoms with Crippen molar-refractivity contribution in [2.45, 2.75) is 33.1 Å². The number of furan rings is 1. The number of H-pyrrole nitrogens is 1. The first-order chi connectivity index (χ1) is 15.3. The lowest BCUT2D eigenvalue weighted by Crippen LogP contribution is -2.29. The normalized spacial score (nSPS) is 15.5. The van der Waals surface area contributed by atoms with Crippen LogP contribution in [0.3, 0.4) is 0 Å². The number of esters is 1. The second kappa shape index (κ2) is 7.15. The van der Waals surface area contributed by atoms with Crippen LogP contribution in [0.2, 0.25) is 0 Å². The summed E-state index contributed by atoms with van der Waals surface area (Å²) in [5.41, 5.74) is 4.68. The van der Waals surface area contributed by atoms with Gasteiger partial charge >= 0.3 is 5.97 Å². The van der Waals surface area contributed by atoms with Crippen molar-refractivity contribution in [3.8, 4) is 5.75 Å². The Morgan fingerprint density at radius 3 is 2.75 bits per heavy atom. The molecule has 4 aromatic rings. The van der Waals surface area contributed by atoms with Crippen LogP contribution in [0.15, 0.2) is 34.7 Å². The molecule has 7 heteroatoms. The molecule has 0 aliphatic carbocycles. The highest BCUT2D eigenvalue weighted by Crippen LogP contribution is 2.48. The predicted octanol–water partition coefficient (Wildman–Crippen LogP) is 5.18. The Morgan fingerprint density at radius 1 is 1.25 bits per heavy atom. The van der Waals surface area contributed by atoms with Crippen molar-refractivity contribution in [3.05, 3.63) is 58.5 Å². The first-order valence-electron chi connectivity index (χ1n) is 10.6. The molecule has 0 saturated heterocycles. The van der Waals surface area contributed by atoms with Gasteiger partial charge in [-0.25, -0.2) is 4.79 Å². The molecule has 0 saturated carbocycles. The van der Waals surface area contributed by atoms with Crippen molar-refractivity contribution in [2.75, 3.05) is 18.6 Å². The fourth-order valence-electron chi connectivity index (χ4n) is 4.82. The van der Waals surface area contributed by atoms with Gasteiger partial charge in [-0.05, 0) is 44.0 Å². The van der Waals surface area contributed by atoms with Crippen molar-refractivity contribution in [1.29, 1.82) is 0 Å². The van der Waals surface area contributed by atoms with Gasteiger partial charge in [0.2, 0.25) is 0 Å². The van der Waals surface area contributed by atoms with Crippen LogP contribution in [0, 0.1) is 13.8 Å². The van der Waals surface area contributed by atoms with Gasteiger partial charge in [-0.1, -0.05) is 18.6 Å². The van der Waals surface area contributed by atoms with Gasteiger partial charge in [0.15, 0.2) is 5.76 Å². The average Bonchev–Trinajstić information content (AvgIpc) is 3.45. The molecule has 1 atom stereocenters. The average molecular weight is 432 g/mol. The number of carbonyl (C=O) groups excluding carboxylic acids is 2. The molecule has 2 aromatic carbocycles. The minimum Gasteiger partial charge on any atom is -0.506 e. The summed E-state index contributed by atoms with van der Waals surface area (Å²) >= 11 is 0. The number of aromatic nitrogens is 1. The lowest BCUT2D eigenvalue weighted by Gasteiger charge is -2.16. The van der Waals surface area contributed by atoms with Crippen molar-refractivity contribution < 1.29 is 23.8 Å². The summed E-state index contributed by atoms with van der Waals surface area (Å²) in [6.07, 6.45) is 0.765. The number of hydrogen-bond acceptors (Lipinski definition) is 5. The highest BCUT2D eigenvalue weighted by atomic mass is 16.5. The molecule has 1 aliphatic heterocycles. The first kappa shape index (κ1) is 20.2. The number of ether oxygens (including phenoxy) is 1. The smallest absolute Gasteiger partial charge is 0.340 e. The molecule has 7 nitrogen and oxygen atoms in total. The maximum atomic E-state index is 13.5. The molecule has 2 N–H and O–H groups in total. The van der Waals surface area contributed by atoms with Crippen LogP contribution in [0.25, 0.3) is 21.9 Å². The molecule has 0 bridgehead atoms. The highest BCUT2D eigenvalue weighted by molar-refractivity contribution is 6.14. The zero-order valence-electron chi connectivity index (χ0n) is 18.4. The van der Waals surface area contributed by atoms with E-state index in [-0.39, 0.29) is 23.3 Å². The van der Waals surface area contributed by atoms with E-state index >= 15 is 0 Å². The number of phenols is 1. The summed E-state index contributed by atoms with van der Waals surface area (Å²) in [7, 11) is 1.33. The van der Waals surface area contributed by atoms with Gasteiger partial charge < -0.3 is 24.1 Å². The minimum atomic E-state index is -0.478. The SMILES string of the molecule is CC[C@@H]1CN(C(=O)c2cc3cc(C)ccc3o2)c2cc(O)c3[nH]c(C)c(C(=O)OC)c3c21. The summed E-state index contributed by atoms with van der Waals surface area (Å²) in [6, 6.07) is 9.12. The molecule has 2 aromatic heterocycles. The molecule has 3 heterocycles. The number of aryl methyl sites for hydroxylation is 2. The Morgan fingerprint density at radius 2 is 2.03 bits per heavy atom. The third-order valence-corrected chi connectivity index (χ3v) is 6.37. The molecule has 0 spiro atoms. The van der Waals surface area contributed by atoms with Crippen molar-refractivity contribution in [3.63, 3.8) is 0 Å². The van der Waals surface area contributed by atoms with Crippen molar-refractivity contribution in [1.82, 2.24) is 4.98 Å². The first-order valence-corrected chi connectivity index (χ1v) is 10.6. The van der Waals surface area contributed by atoms with Crippen LogP contribution in [-0.2, 0) is 4.74 Å². The number of nitrogens with zero attached hydrogens (tertiary/aromatic N) is 1. The van der Waals surface area contributed by atoms with Gasteiger partial charge in [0.05, 0.1) is 23.9 Å². The number of hydrogen-bond donors (Lipinski definition) is 2. The third kappa shape index (κ3) is 2.81. The number of anilines is 1. The molecule has 0 fully saturated rings. The van der Waals surface area contributed by atoms with Crippen LogP contribution in [0.5, 0.6) is 5.75 Å². The zero-order valence-corrected chi connectivity index (χ0v) is 18.4. The van der Waals surface area contributed by atoms with Gasteiger partial charge in [0, 0.05) is 35.0 Å². The fraction of sp³-hybridized carbons (Fsp3) is 0.280. The zero-order chi connectivity index (χ0) is 22.7. The Kier molecular flexibility index (Phi) is 4.51. The monoisotopic (exact) mass is 432 g/mol. The quantitative estimate of drug-likeness (QED) is 0.435. The van der Waals surface area contributed by atoms with Gasteiger partial charge in [-0.3, -0.25) is 4.79 Å². The number of nitrogens with one attached hydrogen (secondary N) is 1. The number of aromatic hydroxyl groups is 1. The molecule has 32 heavy (non-hydrogen) atoms. The topological polar surface area (TPSA) is 95.8 Å². The summed E-state index contributed by atoms with van der Waals surface area (Å²) in [5.74, 6) is -0.532. The lowest BCUT2D eigenvalue weighted by molar-refractivity contribution is 0.0602. The van der Waals surface area contributed by atoms with Crippen LogP contribution >= 0.6 is 0 Å². The Balaban J connectivity index is 1.69. The van der Waals surface area contributed by atoms with E-state index in [9.17, 15) is 14.7 Å². The standard InChI is InChI=1S/C25H24N2O5/c1-5-14-11-27(24(29)19-9-15-8-12(2)6-7-18(15)32-19)16-10-17(28)23-22(21(14)16)20(13(3)26-23)25(30)31-4/h6-10,14,26,28H,5,11H2,1-4H3/t14-/m1/s1. The molecule has 164 valence electrons. The Labute approximate surface area is 184 Å². The van der Waals surface area contributed by atoms with Crippen LogP contribution in [-0.4, -0.2) is 35.6 Å². The molecule has 0 unspecified atom stereocenters. The van der Waals surface area contributed by atoms with Crippen LogP contribution in [0.4, 0.5) is 5.69 Å². The van der Waals surface area contributed by atoms with E-state index in [1.807, 2.05) is 32.0 Å². The number of phenolic OH excluding ortho intramolecular Hbond substituents is 1. The van der Waals surface area contributed by atoms with E-state index in [1.165, 1.54) is 7.11 Å². The second-order valence-electron chi connectivity index (χ2n) is 8.37. The number of fused-ring (bicyclic) bond motifs is 4. The van der Waals surface area contributed by atoms with Gasteiger partial charge in [-0.15, -0.1) is 0 Å². The van der Waals surface area contributed by atoms with E-state index in [4.69, 9.17) is 9.15 Å². The van der Waals surface area contributed by atoms with E-state index < -0.39 is 5.97 Å². The van der Waals surface area contributed by atoms with Gasteiger partial charge in [0.1, 0.15) is 11.3 Å². The molecular weight excluding hydrogens is 408 g/mol. The highest BCUT2D eigenvalue weighted by Gasteiger charge is 2.38. The van der Waals surface area contributed by atoms with Crippen LogP contribution in [0.1, 0.15) is 57.0 Å². The molecule has 1 amide bonds. The van der Waals surface area contributed by atoms with Gasteiger partial charge in [-0.2, -0.15) is 0 Å². The molecule has 0 radical (unpaired) electrons. The number of aromatic amines is 1. The Hall–Kier alpha value is -3.74. The summed E-state index contributed by atoms with van der Waals surface area (Å²) < 4.78 is 10.9. The van der Waals surface area contributed by atoms with E-state index in [0.29, 0.717) is 40.0 Å². The summed E-state index contributed by atoms with van der Waals surface area (Å²) in [4.78, 5) is 30.8. The number of amides is 1.